The van der Waals surface area contributed by atoms with E-state index in [1.165, 1.54) is 35.0 Å². The number of carbonyl (C=O) groups excluding carboxylic acids is 1. The topological polar surface area (TPSA) is 94.2 Å². The molecule has 0 radical (unpaired) electrons. The van der Waals surface area contributed by atoms with Crippen LogP contribution in [0.25, 0.3) is 5.69 Å². The number of ketones is 1. The number of allylic oxidation sites excluding steroid dienone is 5. The van der Waals surface area contributed by atoms with Gasteiger partial charge in [0, 0.05) is 18.5 Å². The van der Waals surface area contributed by atoms with Gasteiger partial charge in [0.15, 0.2) is 11.6 Å². The first-order valence-electron chi connectivity index (χ1n) is 11.9. The van der Waals surface area contributed by atoms with Crippen LogP contribution in [0.1, 0.15) is 36.2 Å². The first kappa shape index (κ1) is 28.5. The molecule has 7 nitrogen and oxygen atoms in total. The van der Waals surface area contributed by atoms with Gasteiger partial charge in [-0.15, -0.1) is 0 Å². The SMILES string of the molecule is C/C=C/C/C=C(\NC/C=C(\C)NSC)C(=O)c1cnn(-c2ccc(Oc3cccc(F)c3F)cc2C)c1N. The number of nitrogens with zero attached hydrogens (tertiary/aromatic N) is 2. The summed E-state index contributed by atoms with van der Waals surface area (Å²) in [5.74, 6) is -2.06. The Morgan fingerprint density at radius 2 is 2.03 bits per heavy atom. The number of carbonyl (C=O) groups is 1. The minimum atomic E-state index is -1.06. The molecule has 0 fully saturated rings. The van der Waals surface area contributed by atoms with Crippen molar-refractivity contribution in [2.45, 2.75) is 27.2 Å². The zero-order valence-corrected chi connectivity index (χ0v) is 22.5. The van der Waals surface area contributed by atoms with E-state index in [2.05, 4.69) is 15.1 Å². The van der Waals surface area contributed by atoms with Crippen LogP contribution in [0.2, 0.25) is 0 Å². The minimum Gasteiger partial charge on any atom is -0.454 e. The van der Waals surface area contributed by atoms with Gasteiger partial charge in [-0.2, -0.15) is 9.49 Å². The molecule has 0 aliphatic heterocycles. The number of nitrogens with two attached hydrogens (primary N) is 1. The average Bonchev–Trinajstić information content (AvgIpc) is 3.26. The molecule has 0 spiro atoms. The number of aromatic nitrogens is 2. The number of nitrogens with one attached hydrogen (secondary N) is 2. The molecule has 0 atom stereocenters. The summed E-state index contributed by atoms with van der Waals surface area (Å²) in [7, 11) is 0. The third-order valence-electron chi connectivity index (χ3n) is 5.49. The molecule has 10 heteroatoms. The highest BCUT2D eigenvalue weighted by Gasteiger charge is 2.20. The molecular weight excluding hydrogens is 508 g/mol. The van der Waals surface area contributed by atoms with Crippen LogP contribution < -0.4 is 20.5 Å². The predicted molar refractivity (Wildman–Crippen MR) is 149 cm³/mol. The smallest absolute Gasteiger partial charge is 0.213 e. The number of halogens is 2. The Morgan fingerprint density at radius 1 is 1.24 bits per heavy atom. The first-order chi connectivity index (χ1) is 18.3. The Hall–Kier alpha value is -4.05. The van der Waals surface area contributed by atoms with Gasteiger partial charge < -0.3 is 20.5 Å². The van der Waals surface area contributed by atoms with Crippen molar-refractivity contribution in [3.63, 3.8) is 0 Å². The molecule has 0 unspecified atom stereocenters. The summed E-state index contributed by atoms with van der Waals surface area (Å²) < 4.78 is 37.6. The van der Waals surface area contributed by atoms with E-state index in [-0.39, 0.29) is 22.9 Å². The minimum absolute atomic E-state index is 0.178. The summed E-state index contributed by atoms with van der Waals surface area (Å²) in [6.07, 6.45) is 11.6. The van der Waals surface area contributed by atoms with E-state index in [9.17, 15) is 13.6 Å². The fraction of sp³-hybridized carbons (Fsp3) is 0.214. The number of ether oxygens (including phenoxy) is 1. The number of benzene rings is 2. The van der Waals surface area contributed by atoms with Crippen molar-refractivity contribution < 1.29 is 18.3 Å². The molecule has 200 valence electrons. The van der Waals surface area contributed by atoms with Crippen molar-refractivity contribution in [3.05, 3.63) is 101 Å². The van der Waals surface area contributed by atoms with Crippen LogP contribution in [-0.2, 0) is 0 Å². The van der Waals surface area contributed by atoms with Crippen molar-refractivity contribution in [2.24, 2.45) is 0 Å². The number of hydrogen-bond acceptors (Lipinski definition) is 7. The fourth-order valence-electron chi connectivity index (χ4n) is 3.57. The average molecular weight is 540 g/mol. The molecule has 38 heavy (non-hydrogen) atoms. The summed E-state index contributed by atoms with van der Waals surface area (Å²) in [5.41, 5.74) is 9.34. The van der Waals surface area contributed by atoms with Crippen LogP contribution in [0.15, 0.2) is 78.3 Å². The van der Waals surface area contributed by atoms with Crippen molar-refractivity contribution in [1.29, 1.82) is 0 Å². The molecule has 4 N–H and O–H groups in total. The van der Waals surface area contributed by atoms with Crippen molar-refractivity contribution in [1.82, 2.24) is 19.8 Å². The Kier molecular flexibility index (Phi) is 10.1. The molecule has 0 amide bonds. The van der Waals surface area contributed by atoms with Gasteiger partial charge in [0.2, 0.25) is 11.6 Å². The third kappa shape index (κ3) is 7.04. The van der Waals surface area contributed by atoms with E-state index in [0.717, 1.165) is 11.8 Å². The quantitative estimate of drug-likeness (QED) is 0.109. The van der Waals surface area contributed by atoms with E-state index in [1.54, 1.807) is 25.1 Å². The van der Waals surface area contributed by atoms with Gasteiger partial charge in [0.1, 0.15) is 11.6 Å². The molecule has 0 aliphatic carbocycles. The highest BCUT2D eigenvalue weighted by Crippen LogP contribution is 2.29. The Balaban J connectivity index is 1.84. The summed E-state index contributed by atoms with van der Waals surface area (Å²) in [6, 6.07) is 8.67. The van der Waals surface area contributed by atoms with Crippen LogP contribution >= 0.6 is 11.9 Å². The normalized spacial score (nSPS) is 12.2. The monoisotopic (exact) mass is 539 g/mol. The van der Waals surface area contributed by atoms with Gasteiger partial charge in [-0.1, -0.05) is 36.2 Å². The van der Waals surface area contributed by atoms with Crippen LogP contribution in [0.3, 0.4) is 0 Å². The maximum absolute atomic E-state index is 14.0. The second-order valence-corrected chi connectivity index (χ2v) is 8.90. The number of hydrogen-bond donors (Lipinski definition) is 3. The lowest BCUT2D eigenvalue weighted by Crippen LogP contribution is -2.22. The number of anilines is 1. The molecule has 0 saturated heterocycles. The van der Waals surface area contributed by atoms with E-state index in [1.807, 2.05) is 44.4 Å². The summed E-state index contributed by atoms with van der Waals surface area (Å²) in [4.78, 5) is 13.4. The van der Waals surface area contributed by atoms with Gasteiger partial charge in [0.25, 0.3) is 0 Å². The molecule has 3 rings (SSSR count). The van der Waals surface area contributed by atoms with E-state index >= 15 is 0 Å². The second kappa shape index (κ2) is 13.5. The number of Topliss-reactive ketones (excluding diaryl/α,β-unsaturated/α-hetero) is 1. The highest BCUT2D eigenvalue weighted by molar-refractivity contribution is 7.96. The van der Waals surface area contributed by atoms with Crippen LogP contribution in [-0.4, -0.2) is 28.4 Å². The Morgan fingerprint density at radius 3 is 2.74 bits per heavy atom. The maximum atomic E-state index is 14.0. The van der Waals surface area contributed by atoms with E-state index in [4.69, 9.17) is 10.5 Å². The molecular formula is C28H31F2N5O2S. The van der Waals surface area contributed by atoms with Gasteiger partial charge >= 0.3 is 0 Å². The number of nitrogen functional groups attached to an aromatic ring is 1. The lowest BCUT2D eigenvalue weighted by atomic mass is 10.1. The third-order valence-corrected chi connectivity index (χ3v) is 6.02. The van der Waals surface area contributed by atoms with Gasteiger partial charge in [-0.05, 0) is 69.2 Å². The Bertz CT molecular complexity index is 1380. The van der Waals surface area contributed by atoms with E-state index < -0.39 is 11.6 Å². The molecule has 0 aliphatic rings. The summed E-state index contributed by atoms with van der Waals surface area (Å²) in [5, 5.41) is 7.52. The first-order valence-corrected chi connectivity index (χ1v) is 13.1. The van der Waals surface area contributed by atoms with E-state index in [0.29, 0.717) is 35.7 Å². The van der Waals surface area contributed by atoms with Crippen molar-refractivity contribution in [3.8, 4) is 17.2 Å². The lowest BCUT2D eigenvalue weighted by Gasteiger charge is -2.12. The molecule has 2 aromatic carbocycles. The largest absolute Gasteiger partial charge is 0.454 e. The predicted octanol–water partition coefficient (Wildman–Crippen LogP) is 6.23. The summed E-state index contributed by atoms with van der Waals surface area (Å²) >= 11 is 1.49. The zero-order chi connectivity index (χ0) is 27.7. The molecule has 3 aromatic rings. The van der Waals surface area contributed by atoms with Gasteiger partial charge in [0.05, 0.1) is 23.1 Å². The second-order valence-electron chi connectivity index (χ2n) is 8.28. The number of rotatable bonds is 12. The van der Waals surface area contributed by atoms with Gasteiger partial charge in [-0.3, -0.25) is 4.79 Å². The zero-order valence-electron chi connectivity index (χ0n) is 21.7. The van der Waals surface area contributed by atoms with Gasteiger partial charge in [-0.25, -0.2) is 9.07 Å². The molecule has 1 aromatic heterocycles. The van der Waals surface area contributed by atoms with Crippen molar-refractivity contribution >= 4 is 23.5 Å². The van der Waals surface area contributed by atoms with Crippen LogP contribution in [0, 0.1) is 18.6 Å². The molecule has 1 heterocycles. The summed E-state index contributed by atoms with van der Waals surface area (Å²) in [6.45, 7) is 6.11. The molecule has 0 saturated carbocycles. The van der Waals surface area contributed by atoms with Crippen molar-refractivity contribution in [2.75, 3.05) is 18.5 Å². The van der Waals surface area contributed by atoms with Crippen LogP contribution in [0.4, 0.5) is 14.6 Å². The number of aryl methyl sites for hydroxylation is 1. The van der Waals surface area contributed by atoms with Crippen LogP contribution in [0.5, 0.6) is 11.5 Å². The highest BCUT2D eigenvalue weighted by atomic mass is 32.2. The molecule has 0 bridgehead atoms. The lowest BCUT2D eigenvalue weighted by molar-refractivity contribution is 0.102. The standard InChI is InChI=1S/C28H31F2N5O2S/c1-5-6-7-10-23(32-15-14-19(3)34-38-4)27(36)21-17-33-35(28(21)31)24-13-12-20(16-18(24)2)37-25-11-8-9-22(29)26(25)30/h5-6,8-14,16-17,32,34H,7,15,31H2,1-4H3/b6-5+,19-14+,23-10-. The fourth-order valence-corrected chi connectivity index (χ4v) is 3.98. The Labute approximate surface area is 225 Å². The maximum Gasteiger partial charge on any atom is 0.213 e.